The van der Waals surface area contributed by atoms with E-state index in [9.17, 15) is 31.1 Å². The van der Waals surface area contributed by atoms with Crippen LogP contribution in [-0.2, 0) is 28.7 Å². The number of nitrogens with zero attached hydrogens (tertiary/aromatic N) is 1. The highest BCUT2D eigenvalue weighted by atomic mass is 19.4. The highest BCUT2D eigenvalue weighted by Gasteiger charge is 2.38. The van der Waals surface area contributed by atoms with Crippen LogP contribution in [0.3, 0.4) is 0 Å². The van der Waals surface area contributed by atoms with E-state index < -0.39 is 29.9 Å². The lowest BCUT2D eigenvalue weighted by atomic mass is 9.98. The van der Waals surface area contributed by atoms with Gasteiger partial charge in [-0.2, -0.15) is 26.3 Å². The second-order valence-electron chi connectivity index (χ2n) is 8.05. The summed E-state index contributed by atoms with van der Waals surface area (Å²) in [5.74, 6) is -2.75. The maximum Gasteiger partial charge on any atom is 0.490 e. The Labute approximate surface area is 208 Å². The molecule has 3 rings (SSSR count). The standard InChI is InChI=1S/C23H24F3NO3.C2HF3O2/c24-23(25,26)19-10-8-17(9-11-19)4-3-15-30-21-6-1-5-18-12-14-27(16-20(18)21)13-2-7-22(28)29;3-2(4,5)1(6)7/h1,3-6,8-11H,2,7,12-16H2,(H,28,29);(H,6,7)/b4-3+;. The summed E-state index contributed by atoms with van der Waals surface area (Å²) in [7, 11) is 0. The molecule has 1 heterocycles. The molecule has 0 aliphatic carbocycles. The minimum Gasteiger partial charge on any atom is -0.489 e. The minimum atomic E-state index is -5.08. The number of carbonyl (C=O) groups is 2. The molecular weight excluding hydrogens is 508 g/mol. The highest BCUT2D eigenvalue weighted by Crippen LogP contribution is 2.30. The van der Waals surface area contributed by atoms with Gasteiger partial charge < -0.3 is 14.9 Å². The van der Waals surface area contributed by atoms with E-state index in [-0.39, 0.29) is 6.42 Å². The van der Waals surface area contributed by atoms with Gasteiger partial charge in [0.05, 0.1) is 5.56 Å². The predicted octanol–water partition coefficient (Wildman–Crippen LogP) is 5.65. The molecule has 0 atom stereocenters. The van der Waals surface area contributed by atoms with Crippen LogP contribution in [0, 0.1) is 0 Å². The fourth-order valence-electron chi connectivity index (χ4n) is 3.49. The number of rotatable bonds is 8. The SMILES string of the molecule is O=C(O)C(F)(F)F.O=C(O)CCCN1CCc2cccc(OC/C=C/c3ccc(C(F)(F)F)cc3)c2C1. The average molecular weight is 533 g/mol. The van der Waals surface area contributed by atoms with Gasteiger partial charge in [0.1, 0.15) is 12.4 Å². The van der Waals surface area contributed by atoms with Gasteiger partial charge in [0.15, 0.2) is 0 Å². The van der Waals surface area contributed by atoms with Crippen LogP contribution in [0.1, 0.15) is 35.1 Å². The number of alkyl halides is 6. The summed E-state index contributed by atoms with van der Waals surface area (Å²) >= 11 is 0. The largest absolute Gasteiger partial charge is 0.490 e. The van der Waals surface area contributed by atoms with Crippen LogP contribution in [0.25, 0.3) is 6.08 Å². The molecule has 202 valence electrons. The molecule has 0 saturated carbocycles. The fraction of sp³-hybridized carbons (Fsp3) is 0.360. The van der Waals surface area contributed by atoms with E-state index in [2.05, 4.69) is 11.0 Å². The van der Waals surface area contributed by atoms with Gasteiger partial charge in [0, 0.05) is 25.1 Å². The first-order chi connectivity index (χ1) is 17.3. The third-order valence-electron chi connectivity index (χ3n) is 5.30. The van der Waals surface area contributed by atoms with Gasteiger partial charge in [-0.05, 0) is 54.8 Å². The Morgan fingerprint density at radius 2 is 1.65 bits per heavy atom. The monoisotopic (exact) mass is 533 g/mol. The van der Waals surface area contributed by atoms with E-state index in [1.807, 2.05) is 12.1 Å². The van der Waals surface area contributed by atoms with Gasteiger partial charge in [-0.15, -0.1) is 0 Å². The molecule has 1 aliphatic rings. The van der Waals surface area contributed by atoms with Crippen LogP contribution >= 0.6 is 0 Å². The zero-order valence-corrected chi connectivity index (χ0v) is 19.5. The van der Waals surface area contributed by atoms with Crippen molar-refractivity contribution in [3.05, 3.63) is 70.8 Å². The maximum absolute atomic E-state index is 12.6. The molecule has 0 amide bonds. The molecule has 6 nitrogen and oxygen atoms in total. The Hall–Kier alpha value is -3.54. The quantitative estimate of drug-likeness (QED) is 0.427. The average Bonchev–Trinajstić information content (AvgIpc) is 2.81. The summed E-state index contributed by atoms with van der Waals surface area (Å²) in [6.07, 6.45) is -4.25. The summed E-state index contributed by atoms with van der Waals surface area (Å²) in [4.78, 5) is 21.8. The van der Waals surface area contributed by atoms with Crippen molar-refractivity contribution in [2.75, 3.05) is 19.7 Å². The highest BCUT2D eigenvalue weighted by molar-refractivity contribution is 5.73. The molecule has 2 aromatic rings. The summed E-state index contributed by atoms with van der Waals surface area (Å²) in [6, 6.07) is 10.9. The third kappa shape index (κ3) is 10.2. The van der Waals surface area contributed by atoms with Crippen LogP contribution in [0.2, 0.25) is 0 Å². The summed E-state index contributed by atoms with van der Waals surface area (Å²) in [5.41, 5.74) is 2.35. The van der Waals surface area contributed by atoms with Gasteiger partial charge in [-0.25, -0.2) is 4.79 Å². The topological polar surface area (TPSA) is 87.1 Å². The first-order valence-corrected chi connectivity index (χ1v) is 11.1. The maximum atomic E-state index is 12.6. The predicted molar refractivity (Wildman–Crippen MR) is 122 cm³/mol. The van der Waals surface area contributed by atoms with Crippen molar-refractivity contribution in [2.45, 2.75) is 38.2 Å². The Balaban J connectivity index is 0.000000604. The summed E-state index contributed by atoms with van der Waals surface area (Å²) < 4.78 is 75.5. The van der Waals surface area contributed by atoms with Crippen LogP contribution in [-0.4, -0.2) is 52.9 Å². The molecule has 0 saturated heterocycles. The van der Waals surface area contributed by atoms with Crippen molar-refractivity contribution in [2.24, 2.45) is 0 Å². The van der Waals surface area contributed by atoms with Crippen LogP contribution < -0.4 is 4.74 Å². The fourth-order valence-corrected chi connectivity index (χ4v) is 3.49. The number of carboxylic acid groups (broad SMARTS) is 2. The number of carboxylic acids is 2. The molecule has 12 heteroatoms. The summed E-state index contributed by atoms with van der Waals surface area (Å²) in [5, 5.41) is 15.9. The van der Waals surface area contributed by atoms with Gasteiger partial charge in [-0.1, -0.05) is 30.3 Å². The van der Waals surface area contributed by atoms with Crippen molar-refractivity contribution in [3.63, 3.8) is 0 Å². The zero-order valence-electron chi connectivity index (χ0n) is 19.5. The lowest BCUT2D eigenvalue weighted by molar-refractivity contribution is -0.192. The van der Waals surface area contributed by atoms with E-state index in [0.29, 0.717) is 25.1 Å². The Morgan fingerprint density at radius 1 is 1.00 bits per heavy atom. The van der Waals surface area contributed by atoms with Gasteiger partial charge in [-0.3, -0.25) is 9.69 Å². The Bertz CT molecular complexity index is 1080. The Morgan fingerprint density at radius 3 is 2.22 bits per heavy atom. The van der Waals surface area contributed by atoms with Crippen LogP contribution in [0.15, 0.2) is 48.5 Å². The minimum absolute atomic E-state index is 0.163. The number of hydrogen-bond donors (Lipinski definition) is 2. The molecule has 0 spiro atoms. The van der Waals surface area contributed by atoms with Crippen molar-refractivity contribution in [1.29, 1.82) is 0 Å². The molecule has 0 radical (unpaired) electrons. The molecule has 2 N–H and O–H groups in total. The van der Waals surface area contributed by atoms with Crippen LogP contribution in [0.5, 0.6) is 5.75 Å². The van der Waals surface area contributed by atoms with Crippen molar-refractivity contribution >= 4 is 18.0 Å². The second-order valence-corrected chi connectivity index (χ2v) is 8.05. The van der Waals surface area contributed by atoms with Crippen molar-refractivity contribution in [1.82, 2.24) is 4.90 Å². The van der Waals surface area contributed by atoms with Gasteiger partial charge in [0.25, 0.3) is 0 Å². The molecule has 0 bridgehead atoms. The Kier molecular flexibility index (Phi) is 10.5. The molecule has 2 aromatic carbocycles. The van der Waals surface area contributed by atoms with E-state index in [1.165, 1.54) is 17.7 Å². The number of fused-ring (bicyclic) bond motifs is 1. The lowest BCUT2D eigenvalue weighted by Gasteiger charge is -2.29. The first-order valence-electron chi connectivity index (χ1n) is 11.1. The zero-order chi connectivity index (χ0) is 27.6. The van der Waals surface area contributed by atoms with Crippen LogP contribution in [0.4, 0.5) is 26.3 Å². The molecule has 1 aliphatic heterocycles. The molecule has 0 aromatic heterocycles. The second kappa shape index (κ2) is 13.1. The molecular formula is C25H25F6NO5. The van der Waals surface area contributed by atoms with Gasteiger partial charge in [0.2, 0.25) is 0 Å². The number of hydrogen-bond acceptors (Lipinski definition) is 4. The van der Waals surface area contributed by atoms with E-state index in [4.69, 9.17) is 19.7 Å². The summed E-state index contributed by atoms with van der Waals surface area (Å²) in [6.45, 7) is 2.64. The normalized spacial score (nSPS) is 14.0. The van der Waals surface area contributed by atoms with E-state index in [1.54, 1.807) is 12.2 Å². The first kappa shape index (κ1) is 29.7. The number of ether oxygens (including phenoxy) is 1. The number of aliphatic carboxylic acids is 2. The van der Waals surface area contributed by atoms with Crippen molar-refractivity contribution < 1.29 is 50.9 Å². The van der Waals surface area contributed by atoms with E-state index in [0.717, 1.165) is 43.0 Å². The number of benzene rings is 2. The van der Waals surface area contributed by atoms with Gasteiger partial charge >= 0.3 is 24.3 Å². The van der Waals surface area contributed by atoms with E-state index >= 15 is 0 Å². The smallest absolute Gasteiger partial charge is 0.489 e. The molecule has 0 fully saturated rings. The molecule has 37 heavy (non-hydrogen) atoms. The lowest BCUT2D eigenvalue weighted by Crippen LogP contribution is -2.32. The third-order valence-corrected chi connectivity index (χ3v) is 5.30. The van der Waals surface area contributed by atoms with Crippen molar-refractivity contribution in [3.8, 4) is 5.75 Å². The number of halogens is 6. The molecule has 0 unspecified atom stereocenters.